The molecule has 28 heavy (non-hydrogen) atoms. The molecule has 1 aliphatic heterocycles. The van der Waals surface area contributed by atoms with E-state index in [0.717, 1.165) is 23.1 Å². The van der Waals surface area contributed by atoms with Gasteiger partial charge in [-0.1, -0.05) is 12.1 Å². The molecular formula is C19H14F2N4O3. The fourth-order valence-corrected chi connectivity index (χ4v) is 2.83. The predicted octanol–water partition coefficient (Wildman–Crippen LogP) is 2.24. The Labute approximate surface area is 158 Å². The van der Waals surface area contributed by atoms with Crippen LogP contribution >= 0.6 is 0 Å². The first-order chi connectivity index (χ1) is 13.2. The van der Waals surface area contributed by atoms with Crippen LogP contribution in [0.15, 0.2) is 42.5 Å². The van der Waals surface area contributed by atoms with E-state index in [9.17, 15) is 23.2 Å². The number of carbonyl (C=O) groups excluding carboxylic acids is 3. The Morgan fingerprint density at radius 2 is 1.86 bits per heavy atom. The summed E-state index contributed by atoms with van der Waals surface area (Å²) in [6.07, 6.45) is 0. The normalized spacial score (nSPS) is 18.6. The van der Waals surface area contributed by atoms with Gasteiger partial charge in [-0.2, -0.15) is 5.26 Å². The number of benzene rings is 2. The number of anilines is 1. The largest absolute Gasteiger partial charge is 0.325 e. The molecule has 1 atom stereocenters. The Kier molecular flexibility index (Phi) is 4.79. The molecule has 4 amide bonds. The molecule has 7 nitrogen and oxygen atoms in total. The summed E-state index contributed by atoms with van der Waals surface area (Å²) in [6.45, 7) is 0.886. The SMILES string of the molecule is CC1(c2ccc(C#N)cc2)NC(=O)N(CC(=O)Nc2ccc(F)c(F)c2)C1=O. The van der Waals surface area contributed by atoms with E-state index in [4.69, 9.17) is 5.26 Å². The van der Waals surface area contributed by atoms with Gasteiger partial charge >= 0.3 is 6.03 Å². The van der Waals surface area contributed by atoms with E-state index >= 15 is 0 Å². The molecular weight excluding hydrogens is 370 g/mol. The fourth-order valence-electron chi connectivity index (χ4n) is 2.83. The fraction of sp³-hybridized carbons (Fsp3) is 0.158. The Hall–Kier alpha value is -3.80. The van der Waals surface area contributed by atoms with Crippen molar-refractivity contribution in [2.24, 2.45) is 0 Å². The second-order valence-corrected chi connectivity index (χ2v) is 6.31. The van der Waals surface area contributed by atoms with Crippen molar-refractivity contribution >= 4 is 23.5 Å². The summed E-state index contributed by atoms with van der Waals surface area (Å²) >= 11 is 0. The smallest absolute Gasteiger partial charge is 0.324 e. The number of urea groups is 1. The molecule has 1 heterocycles. The second-order valence-electron chi connectivity index (χ2n) is 6.31. The zero-order chi connectivity index (χ0) is 20.5. The third kappa shape index (κ3) is 3.40. The first kappa shape index (κ1) is 19.0. The maximum absolute atomic E-state index is 13.2. The number of hydrogen-bond donors (Lipinski definition) is 2. The van der Waals surface area contributed by atoms with Crippen LogP contribution in [-0.2, 0) is 15.1 Å². The number of halogens is 2. The van der Waals surface area contributed by atoms with Crippen molar-refractivity contribution in [1.82, 2.24) is 10.2 Å². The molecule has 0 aliphatic carbocycles. The van der Waals surface area contributed by atoms with Crippen LogP contribution in [0.2, 0.25) is 0 Å². The molecule has 2 aromatic carbocycles. The van der Waals surface area contributed by atoms with Crippen molar-refractivity contribution in [3.8, 4) is 6.07 Å². The van der Waals surface area contributed by atoms with Gasteiger partial charge in [0.05, 0.1) is 11.6 Å². The van der Waals surface area contributed by atoms with Crippen molar-refractivity contribution < 1.29 is 23.2 Å². The van der Waals surface area contributed by atoms with Gasteiger partial charge in [-0.3, -0.25) is 14.5 Å². The summed E-state index contributed by atoms with van der Waals surface area (Å²) in [5.41, 5.74) is -0.557. The van der Waals surface area contributed by atoms with Gasteiger partial charge in [0.25, 0.3) is 5.91 Å². The van der Waals surface area contributed by atoms with Crippen LogP contribution in [0.1, 0.15) is 18.1 Å². The van der Waals surface area contributed by atoms with Crippen molar-refractivity contribution in [2.45, 2.75) is 12.5 Å². The van der Waals surface area contributed by atoms with Crippen molar-refractivity contribution in [1.29, 1.82) is 5.26 Å². The first-order valence-electron chi connectivity index (χ1n) is 8.14. The third-order valence-electron chi connectivity index (χ3n) is 4.37. The number of nitrogens with one attached hydrogen (secondary N) is 2. The Bertz CT molecular complexity index is 1020. The van der Waals surface area contributed by atoms with E-state index in [-0.39, 0.29) is 5.69 Å². The van der Waals surface area contributed by atoms with E-state index < -0.39 is 41.6 Å². The number of imide groups is 1. The summed E-state index contributed by atoms with van der Waals surface area (Å²) in [6, 6.07) is 10.1. The molecule has 0 radical (unpaired) electrons. The number of carbonyl (C=O) groups is 3. The van der Waals surface area contributed by atoms with E-state index in [1.54, 1.807) is 12.1 Å². The van der Waals surface area contributed by atoms with Crippen LogP contribution in [-0.4, -0.2) is 29.3 Å². The molecule has 3 rings (SSSR count). The Morgan fingerprint density at radius 1 is 1.18 bits per heavy atom. The highest BCUT2D eigenvalue weighted by Crippen LogP contribution is 2.29. The molecule has 2 aromatic rings. The van der Waals surface area contributed by atoms with Crippen LogP contribution in [0.5, 0.6) is 0 Å². The highest BCUT2D eigenvalue weighted by atomic mass is 19.2. The molecule has 9 heteroatoms. The van der Waals surface area contributed by atoms with Gasteiger partial charge in [-0.15, -0.1) is 0 Å². The van der Waals surface area contributed by atoms with Gasteiger partial charge in [-0.25, -0.2) is 13.6 Å². The third-order valence-corrected chi connectivity index (χ3v) is 4.37. The molecule has 0 aromatic heterocycles. The minimum Gasteiger partial charge on any atom is -0.324 e. The molecule has 0 spiro atoms. The van der Waals surface area contributed by atoms with E-state index in [1.807, 2.05) is 6.07 Å². The van der Waals surface area contributed by atoms with Gasteiger partial charge < -0.3 is 10.6 Å². The molecule has 1 aliphatic rings. The minimum absolute atomic E-state index is 0.00851. The van der Waals surface area contributed by atoms with Crippen LogP contribution < -0.4 is 10.6 Å². The van der Waals surface area contributed by atoms with Gasteiger partial charge in [0, 0.05) is 11.8 Å². The lowest BCUT2D eigenvalue weighted by Gasteiger charge is -2.22. The van der Waals surface area contributed by atoms with E-state index in [0.29, 0.717) is 11.1 Å². The topological polar surface area (TPSA) is 102 Å². The van der Waals surface area contributed by atoms with E-state index in [2.05, 4.69) is 10.6 Å². The summed E-state index contributed by atoms with van der Waals surface area (Å²) in [4.78, 5) is 37.9. The van der Waals surface area contributed by atoms with Crippen molar-refractivity contribution in [3.05, 3.63) is 65.2 Å². The summed E-state index contributed by atoms with van der Waals surface area (Å²) < 4.78 is 26.2. The second kappa shape index (κ2) is 7.08. The van der Waals surface area contributed by atoms with Crippen LogP contribution in [0, 0.1) is 23.0 Å². The molecule has 1 saturated heterocycles. The summed E-state index contributed by atoms with van der Waals surface area (Å²) in [7, 11) is 0. The van der Waals surface area contributed by atoms with Gasteiger partial charge in [-0.05, 0) is 36.8 Å². The van der Waals surface area contributed by atoms with E-state index in [1.165, 1.54) is 19.1 Å². The zero-order valence-electron chi connectivity index (χ0n) is 14.6. The number of hydrogen-bond acceptors (Lipinski definition) is 4. The molecule has 1 unspecified atom stereocenters. The number of nitrogens with zero attached hydrogens (tertiary/aromatic N) is 2. The Balaban J connectivity index is 1.74. The highest BCUT2D eigenvalue weighted by molar-refractivity contribution is 6.10. The molecule has 0 bridgehead atoms. The van der Waals surface area contributed by atoms with Crippen molar-refractivity contribution in [3.63, 3.8) is 0 Å². The predicted molar refractivity (Wildman–Crippen MR) is 93.7 cm³/mol. The van der Waals surface area contributed by atoms with Gasteiger partial charge in [0.2, 0.25) is 5.91 Å². The maximum Gasteiger partial charge on any atom is 0.325 e. The summed E-state index contributed by atoms with van der Waals surface area (Å²) in [5, 5.41) is 13.7. The average molecular weight is 384 g/mol. The van der Waals surface area contributed by atoms with Crippen LogP contribution in [0.25, 0.3) is 0 Å². The maximum atomic E-state index is 13.2. The average Bonchev–Trinajstić information content (AvgIpc) is 2.89. The highest BCUT2D eigenvalue weighted by Gasteiger charge is 2.49. The first-order valence-corrected chi connectivity index (χ1v) is 8.14. The lowest BCUT2D eigenvalue weighted by Crippen LogP contribution is -2.42. The number of rotatable bonds is 4. The molecule has 0 saturated carbocycles. The van der Waals surface area contributed by atoms with Gasteiger partial charge in [0.15, 0.2) is 11.6 Å². The number of nitriles is 1. The quantitative estimate of drug-likeness (QED) is 0.789. The number of amides is 4. The summed E-state index contributed by atoms with van der Waals surface area (Å²) in [5.74, 6) is -3.60. The van der Waals surface area contributed by atoms with Crippen LogP contribution in [0.3, 0.4) is 0 Å². The zero-order valence-corrected chi connectivity index (χ0v) is 14.6. The monoisotopic (exact) mass is 384 g/mol. The standard InChI is InChI=1S/C19H14F2N4O3/c1-19(12-4-2-11(9-22)3-5-12)17(27)25(18(28)24-19)10-16(26)23-13-6-7-14(20)15(21)8-13/h2-8H,10H2,1H3,(H,23,26)(H,24,28). The minimum atomic E-state index is -1.40. The van der Waals surface area contributed by atoms with Crippen LogP contribution in [0.4, 0.5) is 19.3 Å². The van der Waals surface area contributed by atoms with Crippen molar-refractivity contribution in [2.75, 3.05) is 11.9 Å². The lowest BCUT2D eigenvalue weighted by molar-refractivity contribution is -0.133. The van der Waals surface area contributed by atoms with Gasteiger partial charge in [0.1, 0.15) is 12.1 Å². The lowest BCUT2D eigenvalue weighted by atomic mass is 9.91. The molecule has 1 fully saturated rings. The molecule has 2 N–H and O–H groups in total. The molecule has 142 valence electrons. The Morgan fingerprint density at radius 3 is 2.46 bits per heavy atom.